The maximum absolute atomic E-state index is 12.3. The highest BCUT2D eigenvalue weighted by atomic mass is 16.5. The van der Waals surface area contributed by atoms with E-state index in [9.17, 15) is 4.79 Å². The molecule has 4 rings (SSSR count). The predicted octanol–water partition coefficient (Wildman–Crippen LogP) is 2.14. The summed E-state index contributed by atoms with van der Waals surface area (Å²) in [5, 5.41) is 3.99. The van der Waals surface area contributed by atoms with Crippen molar-refractivity contribution >= 4 is 11.7 Å². The summed E-state index contributed by atoms with van der Waals surface area (Å²) < 4.78 is 5.41. The second-order valence-corrected chi connectivity index (χ2v) is 6.68. The Hall–Kier alpha value is -2.44. The second-order valence-electron chi connectivity index (χ2n) is 6.68. The van der Waals surface area contributed by atoms with E-state index < -0.39 is 0 Å². The van der Waals surface area contributed by atoms with Gasteiger partial charge >= 0.3 is 0 Å². The summed E-state index contributed by atoms with van der Waals surface area (Å²) in [6, 6.07) is 3.85. The molecule has 1 amide bonds. The molecule has 1 aliphatic carbocycles. The third-order valence-electron chi connectivity index (χ3n) is 4.84. The molecule has 0 unspecified atom stereocenters. The number of anilines is 1. The monoisotopic (exact) mass is 341 g/mol. The quantitative estimate of drug-likeness (QED) is 0.848. The Bertz CT molecular complexity index is 755. The highest BCUT2D eigenvalue weighted by Gasteiger charge is 2.34. The van der Waals surface area contributed by atoms with Gasteiger partial charge in [0.1, 0.15) is 5.82 Å². The fourth-order valence-electron chi connectivity index (χ4n) is 3.26. The van der Waals surface area contributed by atoms with Crippen molar-refractivity contribution in [1.82, 2.24) is 20.0 Å². The van der Waals surface area contributed by atoms with Gasteiger partial charge in [-0.15, -0.1) is 0 Å². The van der Waals surface area contributed by atoms with Crippen LogP contribution in [0.2, 0.25) is 0 Å². The van der Waals surface area contributed by atoms with Gasteiger partial charge in [-0.3, -0.25) is 4.79 Å². The molecule has 1 saturated heterocycles. The number of pyridine rings is 1. The van der Waals surface area contributed by atoms with Crippen molar-refractivity contribution in [2.24, 2.45) is 5.92 Å². The highest BCUT2D eigenvalue weighted by molar-refractivity contribution is 5.81. The van der Waals surface area contributed by atoms with Crippen LogP contribution in [0.3, 0.4) is 0 Å². The van der Waals surface area contributed by atoms with Crippen LogP contribution >= 0.6 is 0 Å². The van der Waals surface area contributed by atoms with E-state index in [0.717, 1.165) is 63.2 Å². The zero-order valence-corrected chi connectivity index (χ0v) is 14.5. The number of hydrogen-bond donors (Lipinski definition) is 0. The average molecular weight is 341 g/mol. The van der Waals surface area contributed by atoms with Crippen molar-refractivity contribution in [1.29, 1.82) is 0 Å². The van der Waals surface area contributed by atoms with E-state index in [1.54, 1.807) is 6.20 Å². The van der Waals surface area contributed by atoms with E-state index in [1.165, 1.54) is 0 Å². The predicted molar refractivity (Wildman–Crippen MR) is 93.0 cm³/mol. The van der Waals surface area contributed by atoms with Gasteiger partial charge in [0, 0.05) is 44.7 Å². The first-order chi connectivity index (χ1) is 12.3. The summed E-state index contributed by atoms with van der Waals surface area (Å²) in [4.78, 5) is 25.6. The zero-order chi connectivity index (χ0) is 17.2. The Morgan fingerprint density at radius 1 is 1.28 bits per heavy atom. The number of amides is 1. The molecule has 0 atom stereocenters. The summed E-state index contributed by atoms with van der Waals surface area (Å²) in [7, 11) is 0. The van der Waals surface area contributed by atoms with Crippen LogP contribution in [0.4, 0.5) is 5.82 Å². The number of nitrogens with zero attached hydrogens (tertiary/aromatic N) is 5. The van der Waals surface area contributed by atoms with Gasteiger partial charge in [-0.1, -0.05) is 12.1 Å². The molecule has 1 saturated carbocycles. The van der Waals surface area contributed by atoms with Gasteiger partial charge in [0.15, 0.2) is 5.82 Å². The first-order valence-electron chi connectivity index (χ1n) is 9.08. The molecule has 0 N–H and O–H groups in total. The van der Waals surface area contributed by atoms with Crippen LogP contribution in [0.5, 0.6) is 0 Å². The van der Waals surface area contributed by atoms with E-state index in [4.69, 9.17) is 4.52 Å². The Labute approximate surface area is 147 Å². The first kappa shape index (κ1) is 16.1. The number of carbonyl (C=O) groups excluding carboxylic acids is 1. The standard InChI is InChI=1S/C18H23N5O2/c1-2-15-20-17(25-21-15)14-5-3-8-19-16(14)22-9-4-10-23(12-11-22)18(24)13-6-7-13/h3,5,8,13H,2,4,6-7,9-12H2,1H3. The van der Waals surface area contributed by atoms with Crippen molar-refractivity contribution in [2.45, 2.75) is 32.6 Å². The smallest absolute Gasteiger partial charge is 0.261 e. The van der Waals surface area contributed by atoms with Crippen LogP contribution in [0.25, 0.3) is 11.5 Å². The molecule has 2 aromatic heterocycles. The minimum atomic E-state index is 0.280. The molecular formula is C18H23N5O2. The largest absolute Gasteiger partial charge is 0.354 e. The molecule has 7 nitrogen and oxygen atoms in total. The van der Waals surface area contributed by atoms with E-state index in [1.807, 2.05) is 24.0 Å². The Morgan fingerprint density at radius 2 is 2.16 bits per heavy atom. The summed E-state index contributed by atoms with van der Waals surface area (Å²) in [6.45, 7) is 5.22. The molecule has 25 heavy (non-hydrogen) atoms. The third kappa shape index (κ3) is 3.36. The average Bonchev–Trinajstić information content (AvgIpc) is 3.43. The molecule has 3 heterocycles. The molecule has 2 aliphatic rings. The summed E-state index contributed by atoms with van der Waals surface area (Å²) in [5.74, 6) is 2.67. The fourth-order valence-corrected chi connectivity index (χ4v) is 3.26. The third-order valence-corrected chi connectivity index (χ3v) is 4.84. The summed E-state index contributed by atoms with van der Waals surface area (Å²) in [6.07, 6.45) is 5.58. The van der Waals surface area contributed by atoms with E-state index >= 15 is 0 Å². The second kappa shape index (κ2) is 6.82. The first-order valence-corrected chi connectivity index (χ1v) is 9.08. The zero-order valence-electron chi connectivity index (χ0n) is 14.5. The van der Waals surface area contributed by atoms with Crippen LogP contribution < -0.4 is 4.90 Å². The van der Waals surface area contributed by atoms with Gasteiger partial charge in [0.25, 0.3) is 5.89 Å². The molecule has 7 heteroatoms. The van der Waals surface area contributed by atoms with Crippen molar-refractivity contribution in [2.75, 3.05) is 31.1 Å². The topological polar surface area (TPSA) is 75.4 Å². The van der Waals surface area contributed by atoms with Crippen LogP contribution in [0.15, 0.2) is 22.9 Å². The van der Waals surface area contributed by atoms with Crippen LogP contribution in [-0.4, -0.2) is 52.1 Å². The maximum atomic E-state index is 12.3. The molecule has 2 fully saturated rings. The van der Waals surface area contributed by atoms with Crippen LogP contribution in [0.1, 0.15) is 32.0 Å². The van der Waals surface area contributed by atoms with Gasteiger partial charge in [0.2, 0.25) is 5.91 Å². The molecule has 0 aromatic carbocycles. The molecule has 2 aromatic rings. The number of aryl methyl sites for hydroxylation is 1. The SMILES string of the molecule is CCc1noc(-c2cccnc2N2CCCN(C(=O)C3CC3)CC2)n1. The summed E-state index contributed by atoms with van der Waals surface area (Å²) in [5.41, 5.74) is 0.858. The van der Waals surface area contributed by atoms with Gasteiger partial charge in [-0.2, -0.15) is 4.98 Å². The molecular weight excluding hydrogens is 318 g/mol. The number of aromatic nitrogens is 3. The minimum Gasteiger partial charge on any atom is -0.354 e. The lowest BCUT2D eigenvalue weighted by molar-refractivity contribution is -0.132. The number of carbonyl (C=O) groups is 1. The van der Waals surface area contributed by atoms with Crippen molar-refractivity contribution in [3.05, 3.63) is 24.2 Å². The van der Waals surface area contributed by atoms with Gasteiger partial charge in [-0.25, -0.2) is 4.98 Å². The molecule has 0 spiro atoms. The van der Waals surface area contributed by atoms with Gasteiger partial charge in [0.05, 0.1) is 5.56 Å². The maximum Gasteiger partial charge on any atom is 0.261 e. The summed E-state index contributed by atoms with van der Waals surface area (Å²) >= 11 is 0. The van der Waals surface area contributed by atoms with E-state index in [-0.39, 0.29) is 5.92 Å². The molecule has 0 radical (unpaired) electrons. The van der Waals surface area contributed by atoms with Crippen molar-refractivity contribution in [3.63, 3.8) is 0 Å². The van der Waals surface area contributed by atoms with Crippen LogP contribution in [-0.2, 0) is 11.2 Å². The number of rotatable bonds is 4. The lowest BCUT2D eigenvalue weighted by Crippen LogP contribution is -2.36. The fraction of sp³-hybridized carbons (Fsp3) is 0.556. The Morgan fingerprint density at radius 3 is 2.92 bits per heavy atom. The number of hydrogen-bond acceptors (Lipinski definition) is 6. The van der Waals surface area contributed by atoms with Crippen molar-refractivity contribution < 1.29 is 9.32 Å². The van der Waals surface area contributed by atoms with Crippen LogP contribution in [0, 0.1) is 5.92 Å². The minimum absolute atomic E-state index is 0.280. The Kier molecular flexibility index (Phi) is 4.38. The van der Waals surface area contributed by atoms with Gasteiger partial charge < -0.3 is 14.3 Å². The lowest BCUT2D eigenvalue weighted by atomic mass is 10.2. The van der Waals surface area contributed by atoms with E-state index in [0.29, 0.717) is 17.6 Å². The molecule has 1 aliphatic heterocycles. The van der Waals surface area contributed by atoms with Crippen molar-refractivity contribution in [3.8, 4) is 11.5 Å². The molecule has 132 valence electrons. The van der Waals surface area contributed by atoms with Gasteiger partial charge in [-0.05, 0) is 31.4 Å². The highest BCUT2D eigenvalue weighted by Crippen LogP contribution is 2.32. The normalized spacial score (nSPS) is 18.3. The Balaban J connectivity index is 1.54. The molecule has 0 bridgehead atoms. The van der Waals surface area contributed by atoms with E-state index in [2.05, 4.69) is 20.0 Å². The lowest BCUT2D eigenvalue weighted by Gasteiger charge is -2.24.